The van der Waals surface area contributed by atoms with Crippen molar-refractivity contribution in [3.05, 3.63) is 47.2 Å². The summed E-state index contributed by atoms with van der Waals surface area (Å²) in [7, 11) is 0. The molecule has 2 N–H and O–H groups in total. The largest absolute Gasteiger partial charge is 0.310 e. The molecule has 0 atom stereocenters. The Kier molecular flexibility index (Phi) is 3.94. The van der Waals surface area contributed by atoms with E-state index in [0.717, 1.165) is 5.56 Å². The van der Waals surface area contributed by atoms with E-state index in [1.807, 2.05) is 31.2 Å². The maximum absolute atomic E-state index is 11.8. The summed E-state index contributed by atoms with van der Waals surface area (Å²) in [6.45, 7) is 2.02. The molecule has 5 nitrogen and oxygen atoms in total. The summed E-state index contributed by atoms with van der Waals surface area (Å²) in [6.07, 6.45) is 2.42. The molecule has 1 amide bonds. The van der Waals surface area contributed by atoms with Gasteiger partial charge in [-0.1, -0.05) is 29.8 Å². The molecule has 1 heterocycles. The number of amides is 1. The van der Waals surface area contributed by atoms with Crippen molar-refractivity contribution in [3.8, 4) is 6.07 Å². The van der Waals surface area contributed by atoms with E-state index in [9.17, 15) is 4.79 Å². The number of carbonyl (C=O) groups excluding carboxylic acids is 1. The second kappa shape index (κ2) is 5.83. The highest BCUT2D eigenvalue weighted by Gasteiger charge is 2.08. The summed E-state index contributed by atoms with van der Waals surface area (Å²) in [5.41, 5.74) is 2.64. The fourth-order valence-electron chi connectivity index (χ4n) is 1.79. The van der Waals surface area contributed by atoms with Gasteiger partial charge >= 0.3 is 0 Å². The van der Waals surface area contributed by atoms with Crippen LogP contribution in [0.3, 0.4) is 0 Å². The minimum atomic E-state index is -0.137. The Labute approximate surface area is 111 Å². The van der Waals surface area contributed by atoms with E-state index in [4.69, 9.17) is 5.26 Å². The summed E-state index contributed by atoms with van der Waals surface area (Å²) in [6, 6.07) is 10.0. The molecule has 96 valence electrons. The number of nitriles is 1. The van der Waals surface area contributed by atoms with Crippen LogP contribution in [0.15, 0.2) is 30.5 Å². The highest BCUT2D eigenvalue weighted by atomic mass is 16.1. The van der Waals surface area contributed by atoms with Crippen molar-refractivity contribution in [1.82, 2.24) is 10.2 Å². The average molecular weight is 254 g/mol. The Hall–Kier alpha value is -2.61. The summed E-state index contributed by atoms with van der Waals surface area (Å²) in [4.78, 5) is 11.8. The number of benzene rings is 1. The molecule has 0 aliphatic carbocycles. The van der Waals surface area contributed by atoms with Crippen LogP contribution in [0.25, 0.3) is 0 Å². The zero-order valence-corrected chi connectivity index (χ0v) is 10.6. The van der Waals surface area contributed by atoms with E-state index in [1.54, 1.807) is 0 Å². The molecule has 0 unspecified atom stereocenters. The third kappa shape index (κ3) is 3.42. The molecule has 0 saturated heterocycles. The maximum Gasteiger partial charge on any atom is 0.225 e. The number of nitrogens with zero attached hydrogens (tertiary/aromatic N) is 2. The Bertz CT molecular complexity index is 624. The molecule has 0 radical (unpaired) electrons. The van der Waals surface area contributed by atoms with E-state index in [-0.39, 0.29) is 5.91 Å². The molecule has 19 heavy (non-hydrogen) atoms. The van der Waals surface area contributed by atoms with Crippen LogP contribution >= 0.6 is 0 Å². The van der Waals surface area contributed by atoms with Gasteiger partial charge in [-0.15, -0.1) is 0 Å². The van der Waals surface area contributed by atoms with Crippen LogP contribution in [0.2, 0.25) is 0 Å². The van der Waals surface area contributed by atoms with Crippen molar-refractivity contribution in [2.24, 2.45) is 0 Å². The highest BCUT2D eigenvalue weighted by molar-refractivity contribution is 5.91. The monoisotopic (exact) mass is 254 g/mol. The van der Waals surface area contributed by atoms with Crippen LogP contribution < -0.4 is 5.32 Å². The van der Waals surface area contributed by atoms with Gasteiger partial charge in [0.2, 0.25) is 5.91 Å². The number of aromatic amines is 1. The minimum absolute atomic E-state index is 0.137. The highest BCUT2D eigenvalue weighted by Crippen LogP contribution is 2.11. The van der Waals surface area contributed by atoms with E-state index >= 15 is 0 Å². The van der Waals surface area contributed by atoms with E-state index in [1.165, 1.54) is 11.8 Å². The van der Waals surface area contributed by atoms with Gasteiger partial charge in [0.1, 0.15) is 17.5 Å². The summed E-state index contributed by atoms with van der Waals surface area (Å²) in [5, 5.41) is 17.7. The van der Waals surface area contributed by atoms with Gasteiger partial charge in [0.05, 0.1) is 6.20 Å². The quantitative estimate of drug-likeness (QED) is 0.877. The van der Waals surface area contributed by atoms with Crippen molar-refractivity contribution in [1.29, 1.82) is 5.26 Å². The third-order valence-corrected chi connectivity index (χ3v) is 2.75. The van der Waals surface area contributed by atoms with Gasteiger partial charge in [-0.2, -0.15) is 10.4 Å². The first-order valence-corrected chi connectivity index (χ1v) is 5.98. The first-order chi connectivity index (χ1) is 9.19. The van der Waals surface area contributed by atoms with E-state index in [0.29, 0.717) is 24.2 Å². The molecule has 1 aromatic heterocycles. The first kappa shape index (κ1) is 12.8. The number of aromatic nitrogens is 2. The third-order valence-electron chi connectivity index (χ3n) is 2.75. The Balaban J connectivity index is 1.91. The maximum atomic E-state index is 11.8. The van der Waals surface area contributed by atoms with Gasteiger partial charge in [-0.05, 0) is 18.9 Å². The van der Waals surface area contributed by atoms with Crippen LogP contribution in [-0.4, -0.2) is 16.1 Å². The zero-order valence-electron chi connectivity index (χ0n) is 10.6. The SMILES string of the molecule is Cc1cccc(CCC(=O)Nc2[nH]ncc2C#N)c1. The molecule has 0 bridgehead atoms. The van der Waals surface area contributed by atoms with Crippen LogP contribution in [0, 0.1) is 18.3 Å². The molecular formula is C14H14N4O. The van der Waals surface area contributed by atoms with Gasteiger partial charge in [-0.25, -0.2) is 0 Å². The smallest absolute Gasteiger partial charge is 0.225 e. The molecule has 0 aliphatic rings. The van der Waals surface area contributed by atoms with Crippen molar-refractivity contribution >= 4 is 11.7 Å². The number of H-pyrrole nitrogens is 1. The fourth-order valence-corrected chi connectivity index (χ4v) is 1.79. The number of anilines is 1. The van der Waals surface area contributed by atoms with Crippen molar-refractivity contribution < 1.29 is 4.79 Å². The first-order valence-electron chi connectivity index (χ1n) is 5.98. The lowest BCUT2D eigenvalue weighted by molar-refractivity contribution is -0.116. The topological polar surface area (TPSA) is 81.6 Å². The lowest BCUT2D eigenvalue weighted by atomic mass is 10.1. The van der Waals surface area contributed by atoms with E-state index < -0.39 is 0 Å². The molecule has 0 saturated carbocycles. The van der Waals surface area contributed by atoms with Gasteiger partial charge in [0.25, 0.3) is 0 Å². The predicted molar refractivity (Wildman–Crippen MR) is 71.4 cm³/mol. The van der Waals surface area contributed by atoms with Gasteiger partial charge in [0.15, 0.2) is 0 Å². The summed E-state index contributed by atoms with van der Waals surface area (Å²) in [5.74, 6) is 0.221. The number of carbonyl (C=O) groups is 1. The van der Waals surface area contributed by atoms with Crippen LogP contribution in [0.5, 0.6) is 0 Å². The molecule has 5 heteroatoms. The number of nitrogens with one attached hydrogen (secondary N) is 2. The molecule has 0 spiro atoms. The van der Waals surface area contributed by atoms with Crippen molar-refractivity contribution in [3.63, 3.8) is 0 Å². The zero-order chi connectivity index (χ0) is 13.7. The van der Waals surface area contributed by atoms with Gasteiger partial charge in [-0.3, -0.25) is 9.89 Å². The number of rotatable bonds is 4. The van der Waals surface area contributed by atoms with Crippen LogP contribution in [-0.2, 0) is 11.2 Å². The molecular weight excluding hydrogens is 240 g/mol. The molecule has 1 aromatic carbocycles. The second-order valence-electron chi connectivity index (χ2n) is 4.31. The number of aryl methyl sites for hydroxylation is 2. The normalized spacial score (nSPS) is 9.89. The van der Waals surface area contributed by atoms with Crippen molar-refractivity contribution in [2.75, 3.05) is 5.32 Å². The molecule has 0 aliphatic heterocycles. The number of hydrogen-bond acceptors (Lipinski definition) is 3. The Morgan fingerprint density at radius 3 is 3.11 bits per heavy atom. The minimum Gasteiger partial charge on any atom is -0.310 e. The van der Waals surface area contributed by atoms with Crippen LogP contribution in [0.4, 0.5) is 5.82 Å². The molecule has 2 rings (SSSR count). The Morgan fingerprint density at radius 1 is 1.53 bits per heavy atom. The van der Waals surface area contributed by atoms with Gasteiger partial charge in [0, 0.05) is 6.42 Å². The van der Waals surface area contributed by atoms with Crippen LogP contribution in [0.1, 0.15) is 23.1 Å². The lowest BCUT2D eigenvalue weighted by Crippen LogP contribution is -2.13. The Morgan fingerprint density at radius 2 is 2.37 bits per heavy atom. The second-order valence-corrected chi connectivity index (χ2v) is 4.31. The van der Waals surface area contributed by atoms with Crippen molar-refractivity contribution in [2.45, 2.75) is 19.8 Å². The van der Waals surface area contributed by atoms with E-state index in [2.05, 4.69) is 21.6 Å². The number of hydrogen-bond donors (Lipinski definition) is 2. The summed E-state index contributed by atoms with van der Waals surface area (Å²) >= 11 is 0. The van der Waals surface area contributed by atoms with Gasteiger partial charge < -0.3 is 5.32 Å². The standard InChI is InChI=1S/C14H14N4O/c1-10-3-2-4-11(7-10)5-6-13(19)17-14-12(8-15)9-16-18-14/h2-4,7,9H,5-6H2,1H3,(H2,16,17,18,19). The average Bonchev–Trinajstić information content (AvgIpc) is 2.84. The molecule has 2 aromatic rings. The predicted octanol–water partition coefficient (Wildman–Crippen LogP) is 2.16. The summed E-state index contributed by atoms with van der Waals surface area (Å²) < 4.78 is 0. The molecule has 0 fully saturated rings. The lowest BCUT2D eigenvalue weighted by Gasteiger charge is -2.04. The fraction of sp³-hybridized carbons (Fsp3) is 0.214.